The van der Waals surface area contributed by atoms with Gasteiger partial charge >= 0.3 is 0 Å². The molecule has 3 aromatic rings. The number of halogens is 1. The minimum atomic E-state index is -0.682. The highest BCUT2D eigenvalue weighted by molar-refractivity contribution is 5.96. The highest BCUT2D eigenvalue weighted by Crippen LogP contribution is 2.44. The average molecular weight is 448 g/mol. The van der Waals surface area contributed by atoms with Crippen LogP contribution in [0, 0.1) is 12.7 Å². The molecule has 2 unspecified atom stereocenters. The van der Waals surface area contributed by atoms with E-state index >= 15 is 0 Å². The molecule has 1 amide bonds. The molecule has 0 saturated heterocycles. The second kappa shape index (κ2) is 7.83. The minimum Gasteiger partial charge on any atom is -0.502 e. The maximum Gasteiger partial charge on any atom is 0.276 e. The largest absolute Gasteiger partial charge is 0.502 e. The van der Waals surface area contributed by atoms with Gasteiger partial charge in [0.15, 0.2) is 11.4 Å². The molecule has 33 heavy (non-hydrogen) atoms. The number of aromatic nitrogens is 2. The molecule has 2 aromatic carbocycles. The number of rotatable bonds is 2. The third-order valence-corrected chi connectivity index (χ3v) is 6.89. The van der Waals surface area contributed by atoms with Gasteiger partial charge in [0.2, 0.25) is 5.43 Å². The van der Waals surface area contributed by atoms with Crippen LogP contribution < -0.4 is 5.43 Å². The van der Waals surface area contributed by atoms with Gasteiger partial charge in [-0.1, -0.05) is 29.8 Å². The number of hydrogen-bond acceptors (Lipinski definition) is 4. The maximum atomic E-state index is 14.2. The van der Waals surface area contributed by atoms with Crippen molar-refractivity contribution < 1.29 is 14.3 Å². The van der Waals surface area contributed by atoms with Crippen LogP contribution in [0.2, 0.25) is 0 Å². The van der Waals surface area contributed by atoms with Crippen LogP contribution in [-0.2, 0) is 12.8 Å². The van der Waals surface area contributed by atoms with E-state index in [4.69, 9.17) is 0 Å². The summed E-state index contributed by atoms with van der Waals surface area (Å²) in [6.45, 7) is 6.22. The van der Waals surface area contributed by atoms with E-state index in [0.29, 0.717) is 13.0 Å². The van der Waals surface area contributed by atoms with Crippen molar-refractivity contribution in [2.45, 2.75) is 51.6 Å². The normalized spacial score (nSPS) is 19.7. The number of amides is 1. The third-order valence-electron chi connectivity index (χ3n) is 6.89. The summed E-state index contributed by atoms with van der Waals surface area (Å²) in [5.74, 6) is -1.51. The van der Waals surface area contributed by atoms with Crippen LogP contribution in [0.25, 0.3) is 0 Å². The lowest BCUT2D eigenvalue weighted by molar-refractivity contribution is 0.0570. The molecule has 1 N–H and O–H groups in total. The number of hydrogen-bond donors (Lipinski definition) is 1. The Bertz CT molecular complexity index is 1280. The molecule has 2 atom stereocenters. The fraction of sp³-hybridized carbons (Fsp3) is 0.346. The van der Waals surface area contributed by atoms with Gasteiger partial charge in [0, 0.05) is 18.5 Å². The molecule has 2 aliphatic rings. The fourth-order valence-electron chi connectivity index (χ4n) is 5.30. The van der Waals surface area contributed by atoms with Crippen LogP contribution in [-0.4, -0.2) is 38.3 Å². The van der Waals surface area contributed by atoms with E-state index in [1.807, 2.05) is 26.8 Å². The number of benzene rings is 2. The van der Waals surface area contributed by atoms with Gasteiger partial charge in [0.05, 0.1) is 12.2 Å². The van der Waals surface area contributed by atoms with Crippen molar-refractivity contribution in [1.82, 2.24) is 14.7 Å². The zero-order chi connectivity index (χ0) is 23.4. The first-order valence-electron chi connectivity index (χ1n) is 11.3. The van der Waals surface area contributed by atoms with E-state index in [1.54, 1.807) is 11.0 Å². The molecule has 2 heterocycles. The first-order chi connectivity index (χ1) is 15.8. The quantitative estimate of drug-likeness (QED) is 0.650. The Balaban J connectivity index is 1.80. The number of aromatic hydroxyl groups is 1. The summed E-state index contributed by atoms with van der Waals surface area (Å²) in [4.78, 5) is 27.1. The standard InChI is InChI=1S/C26H26FN3O3/c1-14(2)29-13-21(30-24(26(29)33)25(32)22(31)12-28-30)23-19-8-4-15(3)10-16(19)5-6-17-11-18(27)7-9-20(17)23/h4,7-12,14,21,23,32H,5-6,13H2,1-3H3. The Kier molecular flexibility index (Phi) is 5.07. The van der Waals surface area contributed by atoms with Crippen LogP contribution >= 0.6 is 0 Å². The average Bonchev–Trinajstić information content (AvgIpc) is 2.92. The number of carbonyl (C=O) groups excluding carboxylic acids is 1. The monoisotopic (exact) mass is 447 g/mol. The van der Waals surface area contributed by atoms with Gasteiger partial charge in [-0.25, -0.2) is 4.39 Å². The second-order valence-corrected chi connectivity index (χ2v) is 9.29. The van der Waals surface area contributed by atoms with Crippen LogP contribution in [0.4, 0.5) is 4.39 Å². The van der Waals surface area contributed by atoms with E-state index < -0.39 is 17.1 Å². The Morgan fingerprint density at radius 1 is 1.06 bits per heavy atom. The molecular weight excluding hydrogens is 421 g/mol. The van der Waals surface area contributed by atoms with Crippen molar-refractivity contribution in [2.75, 3.05) is 6.54 Å². The van der Waals surface area contributed by atoms with Crippen molar-refractivity contribution in [3.63, 3.8) is 0 Å². The van der Waals surface area contributed by atoms with Gasteiger partial charge in [-0.2, -0.15) is 5.10 Å². The molecular formula is C26H26FN3O3. The Labute approximate surface area is 191 Å². The third kappa shape index (κ3) is 3.43. The highest BCUT2D eigenvalue weighted by Gasteiger charge is 2.42. The first-order valence-corrected chi connectivity index (χ1v) is 11.3. The molecule has 0 fully saturated rings. The molecule has 0 bridgehead atoms. The van der Waals surface area contributed by atoms with Gasteiger partial charge in [-0.05, 0) is 68.0 Å². The summed E-state index contributed by atoms with van der Waals surface area (Å²) in [5, 5.41) is 14.9. The zero-order valence-electron chi connectivity index (χ0n) is 18.9. The Hall–Kier alpha value is -3.48. The number of aryl methyl sites for hydroxylation is 3. The Morgan fingerprint density at radius 3 is 2.42 bits per heavy atom. The van der Waals surface area contributed by atoms with E-state index in [1.165, 1.54) is 16.3 Å². The van der Waals surface area contributed by atoms with Crippen LogP contribution in [0.3, 0.4) is 0 Å². The molecule has 170 valence electrons. The van der Waals surface area contributed by atoms with Gasteiger partial charge < -0.3 is 10.0 Å². The molecule has 0 radical (unpaired) electrons. The number of nitrogens with zero attached hydrogens (tertiary/aromatic N) is 3. The first kappa shape index (κ1) is 21.4. The Morgan fingerprint density at radius 2 is 1.73 bits per heavy atom. The highest BCUT2D eigenvalue weighted by atomic mass is 19.1. The lowest BCUT2D eigenvalue weighted by Gasteiger charge is -2.41. The fourth-order valence-corrected chi connectivity index (χ4v) is 5.30. The van der Waals surface area contributed by atoms with Crippen molar-refractivity contribution >= 4 is 5.91 Å². The molecule has 6 nitrogen and oxygen atoms in total. The molecule has 7 heteroatoms. The van der Waals surface area contributed by atoms with Gasteiger partial charge in [0.25, 0.3) is 5.91 Å². The molecule has 5 rings (SSSR count). The lowest BCUT2D eigenvalue weighted by atomic mass is 9.81. The summed E-state index contributed by atoms with van der Waals surface area (Å²) in [5.41, 5.74) is 4.55. The minimum absolute atomic E-state index is 0.0889. The van der Waals surface area contributed by atoms with Crippen molar-refractivity contribution in [1.29, 1.82) is 0 Å². The van der Waals surface area contributed by atoms with Crippen LogP contribution in [0.15, 0.2) is 47.4 Å². The van der Waals surface area contributed by atoms with E-state index in [2.05, 4.69) is 23.3 Å². The topological polar surface area (TPSA) is 75.4 Å². The van der Waals surface area contributed by atoms with Gasteiger partial charge in [0.1, 0.15) is 5.82 Å². The summed E-state index contributed by atoms with van der Waals surface area (Å²) < 4.78 is 15.7. The summed E-state index contributed by atoms with van der Waals surface area (Å²) in [6.07, 6.45) is 2.54. The lowest BCUT2D eigenvalue weighted by Crippen LogP contribution is -2.49. The summed E-state index contributed by atoms with van der Waals surface area (Å²) in [6, 6.07) is 10.7. The SMILES string of the molecule is Cc1ccc2c(c1)CCc1cc(F)ccc1C2C1CN(C(C)C)C(=O)c2c(O)c(=O)cnn21. The predicted molar refractivity (Wildman–Crippen MR) is 122 cm³/mol. The van der Waals surface area contributed by atoms with E-state index in [-0.39, 0.29) is 29.5 Å². The molecule has 0 spiro atoms. The summed E-state index contributed by atoms with van der Waals surface area (Å²) >= 11 is 0. The van der Waals surface area contributed by atoms with Crippen LogP contribution in [0.1, 0.15) is 64.1 Å². The number of fused-ring (bicyclic) bond motifs is 3. The smallest absolute Gasteiger partial charge is 0.276 e. The van der Waals surface area contributed by atoms with Crippen molar-refractivity contribution in [3.8, 4) is 5.75 Å². The van der Waals surface area contributed by atoms with Gasteiger partial charge in [-0.15, -0.1) is 0 Å². The molecule has 1 aliphatic heterocycles. The maximum absolute atomic E-state index is 14.2. The number of carbonyl (C=O) groups is 1. The van der Waals surface area contributed by atoms with Gasteiger partial charge in [-0.3, -0.25) is 14.3 Å². The summed E-state index contributed by atoms with van der Waals surface area (Å²) in [7, 11) is 0. The van der Waals surface area contributed by atoms with Crippen molar-refractivity contribution in [2.24, 2.45) is 0 Å². The van der Waals surface area contributed by atoms with Crippen molar-refractivity contribution in [3.05, 3.63) is 92.1 Å². The second-order valence-electron chi connectivity index (χ2n) is 9.29. The zero-order valence-corrected chi connectivity index (χ0v) is 18.9. The molecule has 1 aliphatic carbocycles. The van der Waals surface area contributed by atoms with Crippen LogP contribution in [0.5, 0.6) is 5.75 Å². The molecule has 1 aromatic heterocycles. The molecule has 0 saturated carbocycles. The van der Waals surface area contributed by atoms with E-state index in [0.717, 1.165) is 34.9 Å². The van der Waals surface area contributed by atoms with E-state index in [9.17, 15) is 19.1 Å². The predicted octanol–water partition coefficient (Wildman–Crippen LogP) is 3.73.